The Labute approximate surface area is 150 Å². The maximum atomic E-state index is 13.3. The number of carbonyl (C=O) groups is 1. The zero-order chi connectivity index (χ0) is 19.1. The molecule has 1 aromatic rings. The molecule has 2 fully saturated rings. The lowest BCUT2D eigenvalue weighted by Crippen LogP contribution is -2.70. The summed E-state index contributed by atoms with van der Waals surface area (Å²) in [5.41, 5.74) is -1.19. The fourth-order valence-corrected chi connectivity index (χ4v) is 4.45. The second-order valence-corrected chi connectivity index (χ2v) is 7.44. The number of likely N-dealkylation sites (tertiary alicyclic amines) is 1. The van der Waals surface area contributed by atoms with Crippen LogP contribution >= 0.6 is 0 Å². The van der Waals surface area contributed by atoms with Crippen LogP contribution in [0.5, 0.6) is 0 Å². The summed E-state index contributed by atoms with van der Waals surface area (Å²) >= 11 is 0. The van der Waals surface area contributed by atoms with Crippen LogP contribution in [-0.4, -0.2) is 46.5 Å². The molecule has 1 N–H and O–H groups in total. The first-order valence-electron chi connectivity index (χ1n) is 8.98. The number of aryl methyl sites for hydroxylation is 1. The topological polar surface area (TPSA) is 59.4 Å². The Morgan fingerprint density at radius 1 is 1.42 bits per heavy atom. The minimum absolute atomic E-state index is 0.00181. The molecule has 3 rings (SSSR count). The predicted molar refractivity (Wildman–Crippen MR) is 89.7 cm³/mol. The van der Waals surface area contributed by atoms with Gasteiger partial charge in [0.05, 0.1) is 11.9 Å². The highest BCUT2D eigenvalue weighted by Gasteiger charge is 2.56. The van der Waals surface area contributed by atoms with E-state index in [4.69, 9.17) is 4.74 Å². The van der Waals surface area contributed by atoms with Crippen molar-refractivity contribution in [3.05, 3.63) is 11.9 Å². The van der Waals surface area contributed by atoms with Crippen molar-refractivity contribution < 1.29 is 22.7 Å². The molecule has 1 aromatic heterocycles. The van der Waals surface area contributed by atoms with Gasteiger partial charge in [-0.2, -0.15) is 18.3 Å². The SMILES string of the molecule is CCn1ncc(NC(=O)N2CC3(CCOCC3)C2C(C)C)c1C(F)(F)F. The van der Waals surface area contributed by atoms with Crippen LogP contribution in [0.25, 0.3) is 0 Å². The van der Waals surface area contributed by atoms with Crippen molar-refractivity contribution in [1.82, 2.24) is 14.7 Å². The number of nitrogens with zero attached hydrogens (tertiary/aromatic N) is 3. The van der Waals surface area contributed by atoms with E-state index in [1.165, 1.54) is 0 Å². The summed E-state index contributed by atoms with van der Waals surface area (Å²) in [5.74, 6) is 0.216. The first-order valence-corrected chi connectivity index (χ1v) is 8.98. The number of nitrogens with one attached hydrogen (secondary N) is 1. The molecule has 1 unspecified atom stereocenters. The van der Waals surface area contributed by atoms with Crippen LogP contribution in [0.1, 0.15) is 39.3 Å². The van der Waals surface area contributed by atoms with E-state index in [0.717, 1.165) is 23.7 Å². The first kappa shape index (κ1) is 19.0. The Morgan fingerprint density at radius 3 is 2.62 bits per heavy atom. The summed E-state index contributed by atoms with van der Waals surface area (Å²) < 4.78 is 46.3. The van der Waals surface area contributed by atoms with Gasteiger partial charge in [0.15, 0.2) is 5.69 Å². The molecule has 0 radical (unpaired) electrons. The third kappa shape index (κ3) is 3.17. The third-order valence-electron chi connectivity index (χ3n) is 5.48. The molecule has 9 heteroatoms. The monoisotopic (exact) mass is 374 g/mol. The summed E-state index contributed by atoms with van der Waals surface area (Å²) in [4.78, 5) is 14.3. The summed E-state index contributed by atoms with van der Waals surface area (Å²) in [7, 11) is 0. The van der Waals surface area contributed by atoms with E-state index in [0.29, 0.717) is 19.8 Å². The van der Waals surface area contributed by atoms with Gasteiger partial charge in [-0.1, -0.05) is 13.8 Å². The molecule has 146 valence electrons. The maximum Gasteiger partial charge on any atom is 0.435 e. The average Bonchev–Trinajstić information content (AvgIpc) is 2.96. The fourth-order valence-electron chi connectivity index (χ4n) is 4.45. The van der Waals surface area contributed by atoms with E-state index in [1.54, 1.807) is 11.8 Å². The number of alkyl halides is 3. The molecule has 1 atom stereocenters. The summed E-state index contributed by atoms with van der Waals surface area (Å²) in [6, 6.07) is -0.496. The standard InChI is InChI=1S/C17H25F3N4O2/c1-4-24-14(17(18,19)20)12(9-21-24)22-15(25)23-10-16(13(23)11(2)3)5-7-26-8-6-16/h9,11,13H,4-8,10H2,1-3H3,(H,22,25). The molecule has 0 saturated carbocycles. The fraction of sp³-hybridized carbons (Fsp3) is 0.765. The zero-order valence-electron chi connectivity index (χ0n) is 15.3. The molecule has 3 heterocycles. The van der Waals surface area contributed by atoms with E-state index in [9.17, 15) is 18.0 Å². The first-order chi connectivity index (χ1) is 12.2. The molecule has 0 aromatic carbocycles. The van der Waals surface area contributed by atoms with Gasteiger partial charge in [0.25, 0.3) is 0 Å². The number of urea groups is 1. The number of carbonyl (C=O) groups excluding carboxylic acids is 1. The molecule has 0 aliphatic carbocycles. The molecule has 0 bridgehead atoms. The van der Waals surface area contributed by atoms with Crippen molar-refractivity contribution >= 4 is 11.7 Å². The highest BCUT2D eigenvalue weighted by molar-refractivity contribution is 5.91. The van der Waals surface area contributed by atoms with Crippen LogP contribution in [0.2, 0.25) is 0 Å². The van der Waals surface area contributed by atoms with Crippen molar-refractivity contribution in [2.24, 2.45) is 11.3 Å². The lowest BCUT2D eigenvalue weighted by molar-refractivity contribution is -0.143. The number of anilines is 1. The summed E-state index contributed by atoms with van der Waals surface area (Å²) in [5, 5.41) is 6.17. The van der Waals surface area contributed by atoms with Gasteiger partial charge in [-0.15, -0.1) is 0 Å². The number of rotatable bonds is 3. The number of hydrogen-bond acceptors (Lipinski definition) is 3. The second-order valence-electron chi connectivity index (χ2n) is 7.44. The van der Waals surface area contributed by atoms with Gasteiger partial charge < -0.3 is 15.0 Å². The average molecular weight is 374 g/mol. The van der Waals surface area contributed by atoms with Gasteiger partial charge in [0, 0.05) is 37.8 Å². The van der Waals surface area contributed by atoms with E-state index >= 15 is 0 Å². The molecule has 2 aliphatic heterocycles. The Bertz CT molecular complexity index is 665. The van der Waals surface area contributed by atoms with Gasteiger partial charge in [0.1, 0.15) is 0 Å². The van der Waals surface area contributed by atoms with Gasteiger partial charge in [-0.25, -0.2) is 4.79 Å². The lowest BCUT2D eigenvalue weighted by Gasteiger charge is -2.60. The maximum absolute atomic E-state index is 13.3. The van der Waals surface area contributed by atoms with Crippen molar-refractivity contribution in [3.63, 3.8) is 0 Å². The molecule has 26 heavy (non-hydrogen) atoms. The van der Waals surface area contributed by atoms with Crippen LogP contribution in [0.15, 0.2) is 6.20 Å². The molecular formula is C17H25F3N4O2. The number of hydrogen-bond donors (Lipinski definition) is 1. The van der Waals surface area contributed by atoms with Crippen molar-refractivity contribution in [1.29, 1.82) is 0 Å². The quantitative estimate of drug-likeness (QED) is 0.880. The number of halogens is 3. The molecule has 2 saturated heterocycles. The van der Waals surface area contributed by atoms with E-state index in [1.807, 2.05) is 13.8 Å². The van der Waals surface area contributed by atoms with Crippen LogP contribution in [0, 0.1) is 11.3 Å². The molecule has 6 nitrogen and oxygen atoms in total. The smallest absolute Gasteiger partial charge is 0.381 e. The van der Waals surface area contributed by atoms with Crippen LogP contribution < -0.4 is 5.32 Å². The molecule has 2 amide bonds. The van der Waals surface area contributed by atoms with E-state index in [2.05, 4.69) is 10.4 Å². The van der Waals surface area contributed by atoms with E-state index in [-0.39, 0.29) is 29.6 Å². The van der Waals surface area contributed by atoms with Gasteiger partial charge in [0.2, 0.25) is 0 Å². The van der Waals surface area contributed by atoms with Crippen molar-refractivity contribution in [2.45, 2.75) is 52.4 Å². The predicted octanol–water partition coefficient (Wildman–Crippen LogP) is 3.59. The van der Waals surface area contributed by atoms with Crippen LogP contribution in [0.4, 0.5) is 23.7 Å². The van der Waals surface area contributed by atoms with Crippen molar-refractivity contribution in [2.75, 3.05) is 25.1 Å². The Morgan fingerprint density at radius 2 is 2.08 bits per heavy atom. The number of amides is 2. The molecular weight excluding hydrogens is 349 g/mol. The molecule has 2 aliphatic rings. The second kappa shape index (κ2) is 6.75. The third-order valence-corrected chi connectivity index (χ3v) is 5.48. The largest absolute Gasteiger partial charge is 0.435 e. The minimum Gasteiger partial charge on any atom is -0.381 e. The van der Waals surface area contributed by atoms with Crippen molar-refractivity contribution in [3.8, 4) is 0 Å². The van der Waals surface area contributed by atoms with Gasteiger partial charge in [-0.3, -0.25) is 4.68 Å². The minimum atomic E-state index is -4.58. The number of ether oxygens (including phenoxy) is 1. The normalized spacial score (nSPS) is 22.6. The van der Waals surface area contributed by atoms with Gasteiger partial charge >= 0.3 is 12.2 Å². The molecule has 1 spiro atoms. The van der Waals surface area contributed by atoms with Crippen LogP contribution in [0.3, 0.4) is 0 Å². The van der Waals surface area contributed by atoms with Crippen LogP contribution in [-0.2, 0) is 17.5 Å². The Balaban J connectivity index is 1.78. The van der Waals surface area contributed by atoms with E-state index < -0.39 is 17.9 Å². The summed E-state index contributed by atoms with van der Waals surface area (Å²) in [6.07, 6.45) is -1.76. The summed E-state index contributed by atoms with van der Waals surface area (Å²) in [6.45, 7) is 7.61. The highest BCUT2D eigenvalue weighted by atomic mass is 19.4. The Kier molecular flexibility index (Phi) is 4.94. The highest BCUT2D eigenvalue weighted by Crippen LogP contribution is 2.49. The van der Waals surface area contributed by atoms with Gasteiger partial charge in [-0.05, 0) is 25.7 Å². The lowest BCUT2D eigenvalue weighted by atomic mass is 9.63. The number of aromatic nitrogens is 2. The Hall–Kier alpha value is -1.77. The zero-order valence-corrected chi connectivity index (χ0v) is 15.3.